The van der Waals surface area contributed by atoms with Crippen LogP contribution in [-0.4, -0.2) is 49.2 Å². The number of rotatable bonds is 2. The van der Waals surface area contributed by atoms with E-state index in [2.05, 4.69) is 4.90 Å². The Morgan fingerprint density at radius 2 is 1.69 bits per heavy atom. The van der Waals surface area contributed by atoms with E-state index in [1.807, 2.05) is 60.4 Å². The van der Waals surface area contributed by atoms with Gasteiger partial charge in [0, 0.05) is 36.9 Å². The minimum atomic E-state index is -0.609. The molecule has 26 heavy (non-hydrogen) atoms. The van der Waals surface area contributed by atoms with Crippen LogP contribution in [0.5, 0.6) is 11.5 Å². The Morgan fingerprint density at radius 3 is 2.38 bits per heavy atom. The maximum absolute atomic E-state index is 13.0. The van der Waals surface area contributed by atoms with Gasteiger partial charge in [0.05, 0.1) is 0 Å². The Hall–Kier alpha value is -2.40. The quantitative estimate of drug-likeness (QED) is 0.811. The number of carbonyl (C=O) groups excluding carboxylic acids is 1. The molecule has 2 unspecified atom stereocenters. The van der Waals surface area contributed by atoms with Crippen molar-refractivity contribution in [3.63, 3.8) is 0 Å². The van der Waals surface area contributed by atoms with Gasteiger partial charge in [0.1, 0.15) is 6.10 Å². The zero-order valence-corrected chi connectivity index (χ0v) is 15.4. The highest BCUT2D eigenvalue weighted by molar-refractivity contribution is 6.30. The molecule has 1 saturated heterocycles. The van der Waals surface area contributed by atoms with Crippen molar-refractivity contribution >= 4 is 23.2 Å². The molecule has 6 heteroatoms. The van der Waals surface area contributed by atoms with Crippen LogP contribution < -0.4 is 14.4 Å². The molecule has 0 aromatic heterocycles. The third-order valence-electron chi connectivity index (χ3n) is 4.85. The number of para-hydroxylation sites is 2. The fourth-order valence-electron chi connectivity index (χ4n) is 3.43. The summed E-state index contributed by atoms with van der Waals surface area (Å²) in [6.45, 7) is 4.72. The largest absolute Gasteiger partial charge is 0.482 e. The summed E-state index contributed by atoms with van der Waals surface area (Å²) in [5.41, 5.74) is 1.09. The molecule has 0 aliphatic carbocycles. The van der Waals surface area contributed by atoms with Crippen LogP contribution in [0.4, 0.5) is 5.69 Å². The van der Waals surface area contributed by atoms with Crippen LogP contribution >= 0.6 is 11.6 Å². The summed E-state index contributed by atoms with van der Waals surface area (Å²) in [6.07, 6.45) is -0.925. The van der Waals surface area contributed by atoms with Gasteiger partial charge in [0.2, 0.25) is 6.10 Å². The molecule has 2 aromatic carbocycles. The number of amides is 1. The molecule has 2 heterocycles. The summed E-state index contributed by atoms with van der Waals surface area (Å²) >= 11 is 6.08. The second kappa shape index (κ2) is 7.08. The molecule has 0 bridgehead atoms. The van der Waals surface area contributed by atoms with E-state index in [-0.39, 0.29) is 12.0 Å². The Balaban J connectivity index is 1.41. The third-order valence-corrected chi connectivity index (χ3v) is 5.09. The number of halogens is 1. The number of nitrogens with zero attached hydrogens (tertiary/aromatic N) is 2. The first-order valence-corrected chi connectivity index (χ1v) is 9.21. The lowest BCUT2D eigenvalue weighted by Crippen LogP contribution is -2.56. The molecular formula is C20H21ClN2O3. The Labute approximate surface area is 158 Å². The van der Waals surface area contributed by atoms with E-state index in [4.69, 9.17) is 21.1 Å². The molecule has 0 radical (unpaired) electrons. The fourth-order valence-corrected chi connectivity index (χ4v) is 3.61. The molecule has 4 rings (SSSR count). The van der Waals surface area contributed by atoms with Gasteiger partial charge in [0.25, 0.3) is 5.91 Å². The maximum Gasteiger partial charge on any atom is 0.267 e. The van der Waals surface area contributed by atoms with Crippen LogP contribution in [0.15, 0.2) is 48.5 Å². The van der Waals surface area contributed by atoms with Gasteiger partial charge >= 0.3 is 0 Å². The molecule has 1 amide bonds. The monoisotopic (exact) mass is 372 g/mol. The number of carbonyl (C=O) groups is 1. The van der Waals surface area contributed by atoms with Gasteiger partial charge in [-0.1, -0.05) is 29.8 Å². The summed E-state index contributed by atoms with van der Waals surface area (Å²) in [5.74, 6) is 1.30. The summed E-state index contributed by atoms with van der Waals surface area (Å²) < 4.78 is 11.8. The average Bonchev–Trinajstić information content (AvgIpc) is 2.67. The van der Waals surface area contributed by atoms with Crippen LogP contribution in [0, 0.1) is 0 Å². The van der Waals surface area contributed by atoms with Crippen molar-refractivity contribution in [2.24, 2.45) is 0 Å². The van der Waals surface area contributed by atoms with E-state index in [0.29, 0.717) is 24.6 Å². The highest BCUT2D eigenvalue weighted by Crippen LogP contribution is 2.34. The Morgan fingerprint density at radius 1 is 1.00 bits per heavy atom. The molecule has 0 saturated carbocycles. The number of fused-ring (bicyclic) bond motifs is 1. The normalized spacial score (nSPS) is 22.2. The molecule has 2 aromatic rings. The molecule has 136 valence electrons. The second-order valence-corrected chi connectivity index (χ2v) is 7.04. The number of hydrogen-bond donors (Lipinski definition) is 0. The number of benzene rings is 2. The number of hydrogen-bond acceptors (Lipinski definition) is 4. The van der Waals surface area contributed by atoms with Crippen LogP contribution in [0.1, 0.15) is 6.92 Å². The highest BCUT2D eigenvalue weighted by atomic mass is 35.5. The van der Waals surface area contributed by atoms with Gasteiger partial charge in [-0.2, -0.15) is 0 Å². The average molecular weight is 373 g/mol. The van der Waals surface area contributed by atoms with Gasteiger partial charge in [-0.05, 0) is 37.3 Å². The summed E-state index contributed by atoms with van der Waals surface area (Å²) in [5, 5.41) is 0.723. The minimum absolute atomic E-state index is 0.0160. The van der Waals surface area contributed by atoms with Crippen molar-refractivity contribution in [2.45, 2.75) is 19.1 Å². The number of anilines is 1. The number of ether oxygens (including phenoxy) is 2. The van der Waals surface area contributed by atoms with E-state index in [1.165, 1.54) is 0 Å². The van der Waals surface area contributed by atoms with Crippen LogP contribution in [-0.2, 0) is 4.79 Å². The molecule has 2 atom stereocenters. The van der Waals surface area contributed by atoms with Gasteiger partial charge in [-0.25, -0.2) is 0 Å². The SMILES string of the molecule is CC1Oc2ccccc2OC1C(=O)N1CCN(c2cccc(Cl)c2)CC1. The molecular weight excluding hydrogens is 352 g/mol. The van der Waals surface area contributed by atoms with E-state index in [0.717, 1.165) is 23.8 Å². The van der Waals surface area contributed by atoms with Crippen molar-refractivity contribution in [1.82, 2.24) is 4.90 Å². The van der Waals surface area contributed by atoms with Crippen molar-refractivity contribution in [2.75, 3.05) is 31.1 Å². The number of piperazine rings is 1. The van der Waals surface area contributed by atoms with Crippen molar-refractivity contribution < 1.29 is 14.3 Å². The van der Waals surface area contributed by atoms with Crippen molar-refractivity contribution in [3.8, 4) is 11.5 Å². The maximum atomic E-state index is 13.0. The van der Waals surface area contributed by atoms with Crippen LogP contribution in [0.25, 0.3) is 0 Å². The molecule has 0 N–H and O–H groups in total. The van der Waals surface area contributed by atoms with E-state index in [1.54, 1.807) is 0 Å². The van der Waals surface area contributed by atoms with E-state index >= 15 is 0 Å². The van der Waals surface area contributed by atoms with Crippen molar-refractivity contribution in [1.29, 1.82) is 0 Å². The standard InChI is InChI=1S/C20H21ClN2O3/c1-14-19(26-18-8-3-2-7-17(18)25-14)20(24)23-11-9-22(10-12-23)16-6-4-5-15(21)13-16/h2-8,13-14,19H,9-12H2,1H3. The van der Waals surface area contributed by atoms with Crippen molar-refractivity contribution in [3.05, 3.63) is 53.6 Å². The van der Waals surface area contributed by atoms with E-state index < -0.39 is 6.10 Å². The molecule has 0 spiro atoms. The third kappa shape index (κ3) is 3.31. The lowest BCUT2D eigenvalue weighted by molar-refractivity contribution is -0.144. The van der Waals surface area contributed by atoms with Gasteiger partial charge in [-0.15, -0.1) is 0 Å². The Bertz CT molecular complexity index is 805. The molecule has 2 aliphatic rings. The highest BCUT2D eigenvalue weighted by Gasteiger charge is 2.37. The zero-order chi connectivity index (χ0) is 18.1. The van der Waals surface area contributed by atoms with Crippen LogP contribution in [0.3, 0.4) is 0 Å². The lowest BCUT2D eigenvalue weighted by Gasteiger charge is -2.39. The van der Waals surface area contributed by atoms with Gasteiger partial charge < -0.3 is 19.3 Å². The predicted octanol–water partition coefficient (Wildman–Crippen LogP) is 3.22. The first-order valence-electron chi connectivity index (χ1n) is 8.83. The zero-order valence-electron chi connectivity index (χ0n) is 14.6. The topological polar surface area (TPSA) is 42.0 Å². The molecule has 1 fully saturated rings. The summed E-state index contributed by atoms with van der Waals surface area (Å²) in [6, 6.07) is 15.3. The fraction of sp³-hybridized carbons (Fsp3) is 0.350. The van der Waals surface area contributed by atoms with Gasteiger partial charge in [-0.3, -0.25) is 4.79 Å². The smallest absolute Gasteiger partial charge is 0.267 e. The molecule has 5 nitrogen and oxygen atoms in total. The predicted molar refractivity (Wildman–Crippen MR) is 101 cm³/mol. The van der Waals surface area contributed by atoms with E-state index in [9.17, 15) is 4.79 Å². The summed E-state index contributed by atoms with van der Waals surface area (Å²) in [4.78, 5) is 17.1. The van der Waals surface area contributed by atoms with Crippen LogP contribution in [0.2, 0.25) is 5.02 Å². The first-order chi connectivity index (χ1) is 12.6. The lowest BCUT2D eigenvalue weighted by atomic mass is 10.1. The molecule has 2 aliphatic heterocycles. The minimum Gasteiger partial charge on any atom is -0.482 e. The second-order valence-electron chi connectivity index (χ2n) is 6.60. The van der Waals surface area contributed by atoms with Gasteiger partial charge in [0.15, 0.2) is 11.5 Å². The summed E-state index contributed by atoms with van der Waals surface area (Å²) in [7, 11) is 0. The Kier molecular flexibility index (Phi) is 4.64. The first kappa shape index (κ1) is 17.0.